The predicted octanol–water partition coefficient (Wildman–Crippen LogP) is 0.927. The predicted molar refractivity (Wildman–Crippen MR) is 58.1 cm³/mol. The van der Waals surface area contributed by atoms with Crippen molar-refractivity contribution in [3.05, 3.63) is 0 Å². The Morgan fingerprint density at radius 1 is 1.38 bits per heavy atom. The Kier molecular flexibility index (Phi) is 5.85. The van der Waals surface area contributed by atoms with Crippen LogP contribution in [-0.4, -0.2) is 36.2 Å². The van der Waals surface area contributed by atoms with Gasteiger partial charge in [-0.3, -0.25) is 9.59 Å². The maximum absolute atomic E-state index is 11.3. The van der Waals surface area contributed by atoms with Gasteiger partial charge in [-0.1, -0.05) is 0 Å². The number of amides is 1. The summed E-state index contributed by atoms with van der Waals surface area (Å²) in [4.78, 5) is 21.5. The van der Waals surface area contributed by atoms with Gasteiger partial charge in [-0.2, -0.15) is 0 Å². The number of aliphatic carboxylic acids is 1. The summed E-state index contributed by atoms with van der Waals surface area (Å²) in [5.74, 6) is -0.925. The van der Waals surface area contributed by atoms with Gasteiger partial charge >= 0.3 is 5.97 Å². The fourth-order valence-corrected chi connectivity index (χ4v) is 1.73. The molecule has 92 valence electrons. The maximum Gasteiger partial charge on any atom is 0.303 e. The standard InChI is InChI=1S/C11H19NO4/c13-10(4-1-5-11(14)15)12-7-6-9-3-2-8-16-9/h9H,1-8H2,(H,12,13)(H,14,15). The number of hydrogen-bond donors (Lipinski definition) is 2. The van der Waals surface area contributed by atoms with E-state index in [1.165, 1.54) is 0 Å². The minimum absolute atomic E-state index is 0.0547. The van der Waals surface area contributed by atoms with E-state index in [0.717, 1.165) is 25.9 Å². The zero-order chi connectivity index (χ0) is 11.8. The van der Waals surface area contributed by atoms with Crippen LogP contribution in [0.2, 0.25) is 0 Å². The van der Waals surface area contributed by atoms with E-state index in [0.29, 0.717) is 19.1 Å². The van der Waals surface area contributed by atoms with Crippen molar-refractivity contribution < 1.29 is 19.4 Å². The summed E-state index contributed by atoms with van der Waals surface area (Å²) in [5.41, 5.74) is 0. The maximum atomic E-state index is 11.3. The molecule has 0 aliphatic carbocycles. The summed E-state index contributed by atoms with van der Waals surface area (Å²) in [6.45, 7) is 1.45. The molecule has 1 aliphatic rings. The monoisotopic (exact) mass is 229 g/mol. The molecule has 1 atom stereocenters. The van der Waals surface area contributed by atoms with Crippen molar-refractivity contribution in [2.75, 3.05) is 13.2 Å². The molecular weight excluding hydrogens is 210 g/mol. The Labute approximate surface area is 95.2 Å². The van der Waals surface area contributed by atoms with Crippen molar-refractivity contribution in [2.45, 2.75) is 44.6 Å². The van der Waals surface area contributed by atoms with Gasteiger partial charge in [0.05, 0.1) is 6.10 Å². The number of ether oxygens (including phenoxy) is 1. The van der Waals surface area contributed by atoms with Crippen LogP contribution in [0.3, 0.4) is 0 Å². The van der Waals surface area contributed by atoms with Gasteiger partial charge in [-0.05, 0) is 25.7 Å². The first-order valence-corrected chi connectivity index (χ1v) is 5.78. The summed E-state index contributed by atoms with van der Waals surface area (Å²) in [5, 5.41) is 11.2. The van der Waals surface area contributed by atoms with Gasteiger partial charge in [0.2, 0.25) is 5.91 Å². The highest BCUT2D eigenvalue weighted by Gasteiger charge is 2.14. The van der Waals surface area contributed by atoms with E-state index in [4.69, 9.17) is 9.84 Å². The first-order valence-electron chi connectivity index (χ1n) is 5.78. The Balaban J connectivity index is 1.95. The molecule has 1 unspecified atom stereocenters. The van der Waals surface area contributed by atoms with Crippen molar-refractivity contribution >= 4 is 11.9 Å². The largest absolute Gasteiger partial charge is 0.481 e. The van der Waals surface area contributed by atoms with E-state index in [2.05, 4.69) is 5.32 Å². The molecule has 1 heterocycles. The minimum atomic E-state index is -0.854. The molecule has 1 rings (SSSR count). The quantitative estimate of drug-likeness (QED) is 0.681. The highest BCUT2D eigenvalue weighted by molar-refractivity contribution is 5.76. The lowest BCUT2D eigenvalue weighted by Crippen LogP contribution is -2.26. The van der Waals surface area contributed by atoms with Gasteiger partial charge < -0.3 is 15.2 Å². The molecule has 1 aliphatic heterocycles. The number of carboxylic acids is 1. The zero-order valence-corrected chi connectivity index (χ0v) is 9.41. The lowest BCUT2D eigenvalue weighted by Gasteiger charge is -2.09. The lowest BCUT2D eigenvalue weighted by molar-refractivity contribution is -0.137. The molecule has 1 fully saturated rings. The first kappa shape index (κ1) is 13.0. The zero-order valence-electron chi connectivity index (χ0n) is 9.41. The van der Waals surface area contributed by atoms with Crippen molar-refractivity contribution in [2.24, 2.45) is 0 Å². The SMILES string of the molecule is O=C(O)CCCC(=O)NCCC1CCCO1. The van der Waals surface area contributed by atoms with Gasteiger partial charge in [0.15, 0.2) is 0 Å². The minimum Gasteiger partial charge on any atom is -0.481 e. The summed E-state index contributed by atoms with van der Waals surface area (Å²) < 4.78 is 5.42. The highest BCUT2D eigenvalue weighted by Crippen LogP contribution is 2.14. The van der Waals surface area contributed by atoms with Crippen LogP contribution in [0.1, 0.15) is 38.5 Å². The summed E-state index contributed by atoms with van der Waals surface area (Å²) in [6, 6.07) is 0. The second-order valence-electron chi connectivity index (χ2n) is 4.02. The van der Waals surface area contributed by atoms with E-state index >= 15 is 0 Å². The van der Waals surface area contributed by atoms with E-state index in [-0.39, 0.29) is 18.7 Å². The molecule has 0 spiro atoms. The smallest absolute Gasteiger partial charge is 0.303 e. The Morgan fingerprint density at radius 2 is 2.19 bits per heavy atom. The summed E-state index contributed by atoms with van der Waals surface area (Å²) in [7, 11) is 0. The van der Waals surface area contributed by atoms with Gasteiger partial charge in [-0.25, -0.2) is 0 Å². The second-order valence-corrected chi connectivity index (χ2v) is 4.02. The first-order chi connectivity index (χ1) is 7.68. The highest BCUT2D eigenvalue weighted by atomic mass is 16.5. The molecule has 0 aromatic carbocycles. The van der Waals surface area contributed by atoms with Crippen molar-refractivity contribution in [1.29, 1.82) is 0 Å². The molecule has 5 nitrogen and oxygen atoms in total. The lowest BCUT2D eigenvalue weighted by atomic mass is 10.2. The fourth-order valence-electron chi connectivity index (χ4n) is 1.73. The molecular formula is C11H19NO4. The molecule has 0 aromatic heterocycles. The summed E-state index contributed by atoms with van der Waals surface area (Å²) >= 11 is 0. The molecule has 1 saturated heterocycles. The van der Waals surface area contributed by atoms with Crippen LogP contribution in [0.25, 0.3) is 0 Å². The topological polar surface area (TPSA) is 75.6 Å². The molecule has 1 amide bonds. The van der Waals surface area contributed by atoms with Gasteiger partial charge in [0.1, 0.15) is 0 Å². The van der Waals surface area contributed by atoms with Gasteiger partial charge in [0, 0.05) is 26.0 Å². The Hall–Kier alpha value is -1.10. The van der Waals surface area contributed by atoms with Crippen molar-refractivity contribution in [3.8, 4) is 0 Å². The number of carbonyl (C=O) groups excluding carboxylic acids is 1. The van der Waals surface area contributed by atoms with Crippen LogP contribution in [-0.2, 0) is 14.3 Å². The number of nitrogens with one attached hydrogen (secondary N) is 1. The third kappa shape index (κ3) is 5.70. The molecule has 0 saturated carbocycles. The van der Waals surface area contributed by atoms with Crippen LogP contribution >= 0.6 is 0 Å². The van der Waals surface area contributed by atoms with Crippen molar-refractivity contribution in [1.82, 2.24) is 5.32 Å². The third-order valence-corrected chi connectivity index (χ3v) is 2.61. The normalized spacial score (nSPS) is 19.6. The van der Waals surface area contributed by atoms with Crippen LogP contribution in [0.4, 0.5) is 0 Å². The Morgan fingerprint density at radius 3 is 2.81 bits per heavy atom. The third-order valence-electron chi connectivity index (χ3n) is 2.61. The van der Waals surface area contributed by atoms with Crippen LogP contribution in [0.15, 0.2) is 0 Å². The van der Waals surface area contributed by atoms with Gasteiger partial charge in [-0.15, -0.1) is 0 Å². The number of carbonyl (C=O) groups is 2. The number of hydrogen-bond acceptors (Lipinski definition) is 3. The van der Waals surface area contributed by atoms with E-state index in [9.17, 15) is 9.59 Å². The van der Waals surface area contributed by atoms with E-state index in [1.54, 1.807) is 0 Å². The second kappa shape index (κ2) is 7.22. The fraction of sp³-hybridized carbons (Fsp3) is 0.818. The molecule has 0 aromatic rings. The molecule has 16 heavy (non-hydrogen) atoms. The van der Waals surface area contributed by atoms with Crippen LogP contribution in [0.5, 0.6) is 0 Å². The molecule has 0 radical (unpaired) electrons. The van der Waals surface area contributed by atoms with E-state index < -0.39 is 5.97 Å². The van der Waals surface area contributed by atoms with Crippen LogP contribution in [0, 0.1) is 0 Å². The van der Waals surface area contributed by atoms with E-state index in [1.807, 2.05) is 0 Å². The van der Waals surface area contributed by atoms with Crippen LogP contribution < -0.4 is 5.32 Å². The molecule has 2 N–H and O–H groups in total. The summed E-state index contributed by atoms with van der Waals surface area (Å²) in [6.07, 6.45) is 4.08. The molecule has 5 heteroatoms. The number of rotatable bonds is 7. The Bertz CT molecular complexity index is 236. The average molecular weight is 229 g/mol. The van der Waals surface area contributed by atoms with Crippen molar-refractivity contribution in [3.63, 3.8) is 0 Å². The molecule has 0 bridgehead atoms. The average Bonchev–Trinajstić information content (AvgIpc) is 2.70. The number of carboxylic acid groups (broad SMARTS) is 1. The van der Waals surface area contributed by atoms with Gasteiger partial charge in [0.25, 0.3) is 0 Å².